The first-order chi connectivity index (χ1) is 17.1. The summed E-state index contributed by atoms with van der Waals surface area (Å²) in [7, 11) is 0. The maximum Gasteiger partial charge on any atom is 0.492 e. The van der Waals surface area contributed by atoms with Crippen molar-refractivity contribution in [2.24, 2.45) is 0 Å². The van der Waals surface area contributed by atoms with Gasteiger partial charge >= 0.3 is 12.1 Å². The molecule has 0 aliphatic carbocycles. The minimum atomic E-state index is -5.17. The van der Waals surface area contributed by atoms with Crippen LogP contribution in [0, 0.1) is 6.92 Å². The van der Waals surface area contributed by atoms with Gasteiger partial charge < -0.3 is 10.2 Å². The summed E-state index contributed by atoms with van der Waals surface area (Å²) in [5.41, 5.74) is 1.01. The van der Waals surface area contributed by atoms with Gasteiger partial charge in [-0.25, -0.2) is 4.79 Å². The number of aromatic nitrogens is 2. The quantitative estimate of drug-likeness (QED) is 0.483. The van der Waals surface area contributed by atoms with Crippen molar-refractivity contribution in [3.8, 4) is 0 Å². The Labute approximate surface area is 209 Å². The Morgan fingerprint density at radius 1 is 1.22 bits per heavy atom. The van der Waals surface area contributed by atoms with Crippen molar-refractivity contribution in [2.45, 2.75) is 57.3 Å². The van der Waals surface area contributed by atoms with Crippen LogP contribution in [0.15, 0.2) is 42.5 Å². The number of alkyl halides is 3. The first-order valence-electron chi connectivity index (χ1n) is 11.3. The monoisotopic (exact) mass is 525 g/mol. The maximum absolute atomic E-state index is 13.0. The number of carbonyl (C=O) groups excluding carboxylic acids is 3. The van der Waals surface area contributed by atoms with Crippen molar-refractivity contribution in [1.82, 2.24) is 20.6 Å². The summed E-state index contributed by atoms with van der Waals surface area (Å²) in [5.74, 6) is -3.43. The van der Waals surface area contributed by atoms with E-state index in [1.807, 2.05) is 30.3 Å². The highest BCUT2D eigenvalue weighted by Gasteiger charge is 2.44. The highest BCUT2D eigenvalue weighted by atomic mass is 32.1. The molecule has 1 aliphatic heterocycles. The second-order valence-corrected chi connectivity index (χ2v) is 9.32. The number of piperidine rings is 1. The smallest absolute Gasteiger partial charge is 0.360 e. The third-order valence-electron chi connectivity index (χ3n) is 5.34. The minimum Gasteiger partial charge on any atom is -0.360 e. The lowest BCUT2D eigenvalue weighted by Gasteiger charge is -2.33. The van der Waals surface area contributed by atoms with Crippen LogP contribution in [-0.4, -0.2) is 57.8 Å². The first-order valence-corrected chi connectivity index (χ1v) is 12.1. The highest BCUT2D eigenvalue weighted by molar-refractivity contribution is 7.15. The predicted molar refractivity (Wildman–Crippen MR) is 126 cm³/mol. The molecule has 1 aliphatic rings. The Morgan fingerprint density at radius 2 is 1.97 bits per heavy atom. The molecule has 2 amide bonds. The molecule has 13 heteroatoms. The van der Waals surface area contributed by atoms with E-state index in [0.717, 1.165) is 10.6 Å². The first kappa shape index (κ1) is 27.3. The molecule has 1 saturated heterocycles. The number of hydrogen-bond donors (Lipinski definition) is 2. The maximum atomic E-state index is 13.0. The molecule has 0 spiro atoms. The molecule has 0 radical (unpaired) electrons. The lowest BCUT2D eigenvalue weighted by Crippen LogP contribution is -2.53. The van der Waals surface area contributed by atoms with Crippen molar-refractivity contribution >= 4 is 34.3 Å². The lowest BCUT2D eigenvalue weighted by atomic mass is 10.0. The number of aryl methyl sites for hydroxylation is 2. The average Bonchev–Trinajstić information content (AvgIpc) is 3.25. The number of carbonyl (C=O) groups is 3. The SMILES string of the molecule is Cc1nnc(NC(=O)/C=C/[C@H](CCc2ccccc2)NC(=O)[C@@H]2CCCCN2OC(=O)C(F)(F)F)s1. The van der Waals surface area contributed by atoms with E-state index >= 15 is 0 Å². The molecule has 9 nitrogen and oxygen atoms in total. The van der Waals surface area contributed by atoms with Gasteiger partial charge in [0.2, 0.25) is 16.9 Å². The molecular formula is C23H26F3N5O4S. The minimum absolute atomic E-state index is 0.00804. The molecule has 1 aromatic heterocycles. The summed E-state index contributed by atoms with van der Waals surface area (Å²) in [6.07, 6.45) is -0.101. The van der Waals surface area contributed by atoms with Gasteiger partial charge in [0.15, 0.2) is 0 Å². The van der Waals surface area contributed by atoms with Gasteiger partial charge in [0, 0.05) is 18.7 Å². The second kappa shape index (κ2) is 12.6. The van der Waals surface area contributed by atoms with Crippen LogP contribution in [0.25, 0.3) is 0 Å². The predicted octanol–water partition coefficient (Wildman–Crippen LogP) is 3.33. The van der Waals surface area contributed by atoms with Crippen LogP contribution in [0.3, 0.4) is 0 Å². The van der Waals surface area contributed by atoms with E-state index in [2.05, 4.69) is 25.7 Å². The number of rotatable bonds is 9. The number of nitrogens with one attached hydrogen (secondary N) is 2. The second-order valence-electron chi connectivity index (χ2n) is 8.14. The van der Waals surface area contributed by atoms with E-state index in [0.29, 0.717) is 35.8 Å². The van der Waals surface area contributed by atoms with Crippen LogP contribution in [0.5, 0.6) is 0 Å². The van der Waals surface area contributed by atoms with Gasteiger partial charge in [0.1, 0.15) is 11.0 Å². The normalized spacial score (nSPS) is 17.5. The van der Waals surface area contributed by atoms with Gasteiger partial charge in [-0.05, 0) is 44.6 Å². The fourth-order valence-electron chi connectivity index (χ4n) is 3.59. The van der Waals surface area contributed by atoms with Gasteiger partial charge in [0.05, 0.1) is 0 Å². The topological polar surface area (TPSA) is 114 Å². The van der Waals surface area contributed by atoms with Gasteiger partial charge in [0.25, 0.3) is 0 Å². The van der Waals surface area contributed by atoms with Crippen molar-refractivity contribution in [3.63, 3.8) is 0 Å². The van der Waals surface area contributed by atoms with E-state index in [1.165, 1.54) is 23.5 Å². The largest absolute Gasteiger partial charge is 0.492 e. The molecule has 194 valence electrons. The van der Waals surface area contributed by atoms with E-state index < -0.39 is 36.0 Å². The summed E-state index contributed by atoms with van der Waals surface area (Å²) in [5, 5.41) is 14.8. The molecule has 1 aromatic carbocycles. The van der Waals surface area contributed by atoms with Crippen molar-refractivity contribution < 1.29 is 32.4 Å². The summed E-state index contributed by atoms with van der Waals surface area (Å²) in [4.78, 5) is 41.1. The van der Waals surface area contributed by atoms with Gasteiger partial charge in [-0.1, -0.05) is 47.7 Å². The summed E-state index contributed by atoms with van der Waals surface area (Å²) >= 11 is 1.21. The molecule has 2 N–H and O–H groups in total. The number of benzene rings is 1. The van der Waals surface area contributed by atoms with E-state index in [4.69, 9.17) is 0 Å². The Hall–Kier alpha value is -3.32. The third-order valence-corrected chi connectivity index (χ3v) is 6.09. The van der Waals surface area contributed by atoms with Crippen molar-refractivity contribution in [2.75, 3.05) is 11.9 Å². The zero-order chi connectivity index (χ0) is 26.1. The molecule has 0 bridgehead atoms. The Balaban J connectivity index is 1.68. The molecule has 0 unspecified atom stereocenters. The van der Waals surface area contributed by atoms with Crippen molar-refractivity contribution in [3.05, 3.63) is 53.1 Å². The standard InChI is InChI=1S/C23H26F3N5O4S/c1-15-29-30-22(36-15)28-19(32)13-12-17(11-10-16-7-3-2-4-8-16)27-20(33)18-9-5-6-14-31(18)35-21(34)23(24,25)26/h2-4,7-8,12-13,17-18H,5-6,9-11,14H2,1H3,(H,27,33)(H,28,30,32)/b13-12+/t17-,18-/m0/s1. The Kier molecular flexibility index (Phi) is 9.53. The van der Waals surface area contributed by atoms with Crippen LogP contribution < -0.4 is 10.6 Å². The summed E-state index contributed by atoms with van der Waals surface area (Å²) < 4.78 is 38.0. The zero-order valence-corrected chi connectivity index (χ0v) is 20.3. The molecule has 2 atom stereocenters. The van der Waals surface area contributed by atoms with Gasteiger partial charge in [-0.15, -0.1) is 15.3 Å². The highest BCUT2D eigenvalue weighted by Crippen LogP contribution is 2.23. The van der Waals surface area contributed by atoms with Crippen LogP contribution in [0.4, 0.5) is 18.3 Å². The zero-order valence-electron chi connectivity index (χ0n) is 19.5. The number of hydrogen-bond acceptors (Lipinski definition) is 8. The molecule has 36 heavy (non-hydrogen) atoms. The summed E-state index contributed by atoms with van der Waals surface area (Å²) in [6, 6.07) is 7.80. The number of hydroxylamine groups is 2. The number of amides is 2. The number of nitrogens with zero attached hydrogens (tertiary/aromatic N) is 3. The number of halogens is 3. The Morgan fingerprint density at radius 3 is 2.64 bits per heavy atom. The molecule has 2 aromatic rings. The molecule has 1 fully saturated rings. The molecular weight excluding hydrogens is 499 g/mol. The molecule has 3 rings (SSSR count). The Bertz CT molecular complexity index is 1080. The van der Waals surface area contributed by atoms with E-state index in [9.17, 15) is 27.6 Å². The van der Waals surface area contributed by atoms with E-state index in [1.54, 1.807) is 6.92 Å². The van der Waals surface area contributed by atoms with Crippen molar-refractivity contribution in [1.29, 1.82) is 0 Å². The number of anilines is 1. The fourth-order valence-corrected chi connectivity index (χ4v) is 4.19. The fraction of sp³-hybridized carbons (Fsp3) is 0.435. The summed E-state index contributed by atoms with van der Waals surface area (Å²) in [6.45, 7) is 1.76. The molecule has 2 heterocycles. The lowest BCUT2D eigenvalue weighted by molar-refractivity contribution is -0.248. The van der Waals surface area contributed by atoms with Crippen LogP contribution >= 0.6 is 11.3 Å². The van der Waals surface area contributed by atoms with Crippen LogP contribution in [-0.2, 0) is 25.6 Å². The third kappa shape index (κ3) is 8.41. The van der Waals surface area contributed by atoms with E-state index in [-0.39, 0.29) is 13.0 Å². The average molecular weight is 526 g/mol. The van der Waals surface area contributed by atoms with Gasteiger partial charge in [-0.2, -0.15) is 13.2 Å². The van der Waals surface area contributed by atoms with Gasteiger partial charge in [-0.3, -0.25) is 14.9 Å². The van der Waals surface area contributed by atoms with Crippen LogP contribution in [0.2, 0.25) is 0 Å². The van der Waals surface area contributed by atoms with Crippen LogP contribution in [0.1, 0.15) is 36.3 Å². The molecule has 0 saturated carbocycles.